The Kier molecular flexibility index (Phi) is 4.79. The van der Waals surface area contributed by atoms with Crippen molar-refractivity contribution in [1.82, 2.24) is 0 Å². The summed E-state index contributed by atoms with van der Waals surface area (Å²) in [6.07, 6.45) is -4.63. The standard InChI is InChI=1S/C15H11ClF4N2O/c1-8-2-3-10(7-13(8)17)22-14(23)21-9-4-5-12(16)11(6-9)15(18,19)20/h2-7H,1H3,(H2,21,22,23). The minimum absolute atomic E-state index is 0.0909. The Bertz CT molecular complexity index is 747. The molecule has 0 saturated carbocycles. The van der Waals surface area contributed by atoms with Crippen molar-refractivity contribution in [2.45, 2.75) is 13.1 Å². The molecular formula is C15H11ClF4N2O. The van der Waals surface area contributed by atoms with Gasteiger partial charge in [0.25, 0.3) is 0 Å². The number of carbonyl (C=O) groups excluding carboxylic acids is 1. The van der Waals surface area contributed by atoms with Crippen LogP contribution in [0, 0.1) is 12.7 Å². The van der Waals surface area contributed by atoms with E-state index in [4.69, 9.17) is 11.6 Å². The van der Waals surface area contributed by atoms with Crippen LogP contribution in [0.25, 0.3) is 0 Å². The first-order valence-electron chi connectivity index (χ1n) is 6.38. The largest absolute Gasteiger partial charge is 0.417 e. The third-order valence-corrected chi connectivity index (χ3v) is 3.29. The van der Waals surface area contributed by atoms with Gasteiger partial charge in [-0.05, 0) is 42.8 Å². The van der Waals surface area contributed by atoms with E-state index < -0.39 is 28.6 Å². The van der Waals surface area contributed by atoms with Gasteiger partial charge in [-0.2, -0.15) is 13.2 Å². The molecule has 2 N–H and O–H groups in total. The second kappa shape index (κ2) is 6.45. The van der Waals surface area contributed by atoms with Crippen molar-refractivity contribution < 1.29 is 22.4 Å². The molecule has 0 saturated heterocycles. The molecule has 0 atom stereocenters. The van der Waals surface area contributed by atoms with E-state index in [0.29, 0.717) is 5.56 Å². The lowest BCUT2D eigenvalue weighted by molar-refractivity contribution is -0.137. The van der Waals surface area contributed by atoms with Crippen molar-refractivity contribution in [2.24, 2.45) is 0 Å². The minimum Gasteiger partial charge on any atom is -0.308 e. The summed E-state index contributed by atoms with van der Waals surface area (Å²) < 4.78 is 51.6. The molecule has 0 spiro atoms. The van der Waals surface area contributed by atoms with Crippen LogP contribution in [0.1, 0.15) is 11.1 Å². The van der Waals surface area contributed by atoms with Crippen LogP contribution in [0.15, 0.2) is 36.4 Å². The summed E-state index contributed by atoms with van der Waals surface area (Å²) in [6.45, 7) is 1.56. The molecule has 8 heteroatoms. The van der Waals surface area contributed by atoms with Crippen molar-refractivity contribution in [3.05, 3.63) is 58.4 Å². The first-order valence-corrected chi connectivity index (χ1v) is 6.75. The molecular weight excluding hydrogens is 336 g/mol. The first kappa shape index (κ1) is 17.1. The predicted octanol–water partition coefficient (Wildman–Crippen LogP) is 5.45. The molecule has 2 amide bonds. The second-order valence-corrected chi connectivity index (χ2v) is 5.14. The number of halogens is 5. The van der Waals surface area contributed by atoms with Gasteiger partial charge in [-0.15, -0.1) is 0 Å². The second-order valence-electron chi connectivity index (χ2n) is 4.74. The van der Waals surface area contributed by atoms with Gasteiger partial charge in [-0.25, -0.2) is 9.18 Å². The monoisotopic (exact) mass is 346 g/mol. The molecule has 0 bridgehead atoms. The van der Waals surface area contributed by atoms with Gasteiger partial charge in [0, 0.05) is 11.4 Å². The zero-order valence-electron chi connectivity index (χ0n) is 11.8. The number of rotatable bonds is 2. The molecule has 0 aromatic heterocycles. The van der Waals surface area contributed by atoms with Crippen LogP contribution in [0.4, 0.5) is 33.7 Å². The maximum Gasteiger partial charge on any atom is 0.417 e. The molecule has 0 fully saturated rings. The lowest BCUT2D eigenvalue weighted by Crippen LogP contribution is -2.20. The van der Waals surface area contributed by atoms with Gasteiger partial charge in [0.2, 0.25) is 0 Å². The fourth-order valence-electron chi connectivity index (χ4n) is 1.78. The number of nitrogens with one attached hydrogen (secondary N) is 2. The summed E-state index contributed by atoms with van der Waals surface area (Å²) in [5, 5.41) is 4.09. The smallest absolute Gasteiger partial charge is 0.308 e. The van der Waals surface area contributed by atoms with Crippen molar-refractivity contribution >= 4 is 29.0 Å². The van der Waals surface area contributed by atoms with E-state index in [2.05, 4.69) is 10.6 Å². The van der Waals surface area contributed by atoms with Gasteiger partial charge in [-0.1, -0.05) is 17.7 Å². The SMILES string of the molecule is Cc1ccc(NC(=O)Nc2ccc(Cl)c(C(F)(F)F)c2)cc1F. The number of hydrogen-bond acceptors (Lipinski definition) is 1. The van der Waals surface area contributed by atoms with Crippen LogP contribution in [0.2, 0.25) is 5.02 Å². The minimum atomic E-state index is -4.63. The zero-order valence-corrected chi connectivity index (χ0v) is 12.5. The van der Waals surface area contributed by atoms with Crippen molar-refractivity contribution in [2.75, 3.05) is 10.6 Å². The van der Waals surface area contributed by atoms with Gasteiger partial charge < -0.3 is 10.6 Å². The van der Waals surface area contributed by atoms with E-state index >= 15 is 0 Å². The highest BCUT2D eigenvalue weighted by molar-refractivity contribution is 6.31. The number of alkyl halides is 3. The fraction of sp³-hybridized carbons (Fsp3) is 0.133. The summed E-state index contributed by atoms with van der Waals surface area (Å²) in [4.78, 5) is 11.8. The van der Waals surface area contributed by atoms with Gasteiger partial charge in [0.1, 0.15) is 5.82 Å². The maximum atomic E-state index is 13.4. The van der Waals surface area contributed by atoms with Crippen LogP contribution < -0.4 is 10.6 Å². The number of anilines is 2. The Labute approximate surface area is 134 Å². The van der Waals surface area contributed by atoms with E-state index in [-0.39, 0.29) is 11.4 Å². The summed E-state index contributed by atoms with van der Waals surface area (Å²) >= 11 is 5.49. The zero-order chi connectivity index (χ0) is 17.2. The van der Waals surface area contributed by atoms with Gasteiger partial charge in [-0.3, -0.25) is 0 Å². The Balaban J connectivity index is 2.12. The average Bonchev–Trinajstić information content (AvgIpc) is 2.44. The third-order valence-electron chi connectivity index (χ3n) is 2.96. The van der Waals surface area contributed by atoms with Crippen LogP contribution in [-0.4, -0.2) is 6.03 Å². The highest BCUT2D eigenvalue weighted by Crippen LogP contribution is 2.36. The van der Waals surface area contributed by atoms with Crippen LogP contribution in [0.3, 0.4) is 0 Å². The molecule has 2 aromatic rings. The average molecular weight is 347 g/mol. The summed E-state index contributed by atoms with van der Waals surface area (Å²) in [6, 6.07) is 6.23. The normalized spacial score (nSPS) is 11.2. The van der Waals surface area contributed by atoms with Crippen LogP contribution >= 0.6 is 11.6 Å². The van der Waals surface area contributed by atoms with E-state index in [1.54, 1.807) is 6.92 Å². The van der Waals surface area contributed by atoms with Gasteiger partial charge in [0.05, 0.1) is 10.6 Å². The molecule has 2 aromatic carbocycles. The van der Waals surface area contributed by atoms with Gasteiger partial charge >= 0.3 is 12.2 Å². The maximum absolute atomic E-state index is 13.4. The van der Waals surface area contributed by atoms with Crippen molar-refractivity contribution in [3.8, 4) is 0 Å². The van der Waals surface area contributed by atoms with E-state index in [1.165, 1.54) is 18.2 Å². The number of amides is 2. The molecule has 2 rings (SSSR count). The lowest BCUT2D eigenvalue weighted by atomic mass is 10.2. The molecule has 0 heterocycles. The molecule has 23 heavy (non-hydrogen) atoms. The third kappa shape index (κ3) is 4.35. The van der Waals surface area contributed by atoms with Crippen molar-refractivity contribution in [1.29, 1.82) is 0 Å². The highest BCUT2D eigenvalue weighted by Gasteiger charge is 2.33. The van der Waals surface area contributed by atoms with Crippen LogP contribution in [-0.2, 0) is 6.18 Å². The molecule has 0 unspecified atom stereocenters. The molecule has 0 aliphatic heterocycles. The number of benzene rings is 2. The molecule has 0 radical (unpaired) electrons. The Hall–Kier alpha value is -2.28. The number of aryl methyl sites for hydroxylation is 1. The summed E-state index contributed by atoms with van der Waals surface area (Å²) in [5.74, 6) is -0.506. The number of urea groups is 1. The van der Waals surface area contributed by atoms with Crippen molar-refractivity contribution in [3.63, 3.8) is 0 Å². The summed E-state index contributed by atoms with van der Waals surface area (Å²) in [5.41, 5.74) is -0.566. The molecule has 122 valence electrons. The van der Waals surface area contributed by atoms with E-state index in [9.17, 15) is 22.4 Å². The highest BCUT2D eigenvalue weighted by atomic mass is 35.5. The predicted molar refractivity (Wildman–Crippen MR) is 80.2 cm³/mol. The first-order chi connectivity index (χ1) is 10.7. The number of carbonyl (C=O) groups is 1. The molecule has 0 aliphatic rings. The summed E-state index contributed by atoms with van der Waals surface area (Å²) in [7, 11) is 0. The fourth-order valence-corrected chi connectivity index (χ4v) is 2.01. The Morgan fingerprint density at radius 3 is 2.17 bits per heavy atom. The van der Waals surface area contributed by atoms with Crippen LogP contribution in [0.5, 0.6) is 0 Å². The molecule has 3 nitrogen and oxygen atoms in total. The Morgan fingerprint density at radius 2 is 1.61 bits per heavy atom. The van der Waals surface area contributed by atoms with E-state index in [1.807, 2.05) is 0 Å². The topological polar surface area (TPSA) is 41.1 Å². The van der Waals surface area contributed by atoms with Gasteiger partial charge in [0.15, 0.2) is 0 Å². The molecule has 0 aliphatic carbocycles. The lowest BCUT2D eigenvalue weighted by Gasteiger charge is -2.12. The van der Waals surface area contributed by atoms with E-state index in [0.717, 1.165) is 18.2 Å². The number of hydrogen-bond donors (Lipinski definition) is 2. The Morgan fingerprint density at radius 1 is 1.04 bits per heavy atom. The quantitative estimate of drug-likeness (QED) is 0.697.